The Bertz CT molecular complexity index is 549. The maximum absolute atomic E-state index is 10.9. The highest BCUT2D eigenvalue weighted by Gasteiger charge is 2.31. The predicted octanol–water partition coefficient (Wildman–Crippen LogP) is 3.35. The molecule has 1 aromatic rings. The minimum Gasteiger partial charge on any atom is -0.345 e. The molecule has 2 aliphatic rings. The first-order valence-corrected chi connectivity index (χ1v) is 6.63. The Kier molecular flexibility index (Phi) is 3.07. The van der Waals surface area contributed by atoms with Crippen molar-refractivity contribution >= 4 is 5.69 Å². The van der Waals surface area contributed by atoms with Crippen LogP contribution < -0.4 is 4.90 Å². The van der Waals surface area contributed by atoms with Gasteiger partial charge in [0.05, 0.1) is 4.92 Å². The first-order chi connectivity index (χ1) is 9.25. The van der Waals surface area contributed by atoms with E-state index in [1.54, 1.807) is 6.08 Å². The molecule has 3 rings (SSSR count). The summed E-state index contributed by atoms with van der Waals surface area (Å²) in [4.78, 5) is 12.9. The van der Waals surface area contributed by atoms with Gasteiger partial charge in [-0.1, -0.05) is 18.2 Å². The summed E-state index contributed by atoms with van der Waals surface area (Å²) in [6, 6.07) is 10.2. The van der Waals surface area contributed by atoms with Crippen LogP contribution in [0.3, 0.4) is 0 Å². The van der Waals surface area contributed by atoms with Crippen LogP contribution in [0, 0.1) is 16.0 Å². The van der Waals surface area contributed by atoms with E-state index >= 15 is 0 Å². The zero-order chi connectivity index (χ0) is 13.2. The van der Waals surface area contributed by atoms with Crippen molar-refractivity contribution in [1.29, 1.82) is 0 Å². The Morgan fingerprint density at radius 3 is 2.74 bits per heavy atom. The van der Waals surface area contributed by atoms with E-state index in [2.05, 4.69) is 17.0 Å². The molecule has 0 radical (unpaired) electrons. The third-order valence-corrected chi connectivity index (χ3v) is 3.87. The molecule has 1 fully saturated rings. The van der Waals surface area contributed by atoms with Crippen LogP contribution in [0.5, 0.6) is 0 Å². The Labute approximate surface area is 112 Å². The van der Waals surface area contributed by atoms with Crippen molar-refractivity contribution in [3.8, 4) is 0 Å². The van der Waals surface area contributed by atoms with E-state index in [0.717, 1.165) is 19.4 Å². The number of hydrogen-bond acceptors (Lipinski definition) is 3. The summed E-state index contributed by atoms with van der Waals surface area (Å²) in [7, 11) is 0. The van der Waals surface area contributed by atoms with Gasteiger partial charge in [-0.15, -0.1) is 0 Å². The number of nitrogens with zero attached hydrogens (tertiary/aromatic N) is 2. The van der Waals surface area contributed by atoms with Crippen LogP contribution in [0.25, 0.3) is 0 Å². The number of anilines is 1. The second kappa shape index (κ2) is 4.88. The summed E-state index contributed by atoms with van der Waals surface area (Å²) in [5.41, 5.74) is 2.74. The predicted molar refractivity (Wildman–Crippen MR) is 74.3 cm³/mol. The first-order valence-electron chi connectivity index (χ1n) is 6.63. The van der Waals surface area contributed by atoms with Crippen molar-refractivity contribution in [2.24, 2.45) is 5.92 Å². The summed E-state index contributed by atoms with van der Waals surface area (Å²) in [5, 5.41) is 10.9. The third kappa shape index (κ3) is 2.26. The van der Waals surface area contributed by atoms with Gasteiger partial charge < -0.3 is 4.90 Å². The highest BCUT2D eigenvalue weighted by molar-refractivity contribution is 5.54. The van der Waals surface area contributed by atoms with Gasteiger partial charge in [-0.3, -0.25) is 10.1 Å². The van der Waals surface area contributed by atoms with Crippen LogP contribution in [0.4, 0.5) is 5.69 Å². The molecule has 1 aliphatic carbocycles. The van der Waals surface area contributed by atoms with Gasteiger partial charge in [-0.25, -0.2) is 0 Å². The monoisotopic (exact) mass is 256 g/mol. The minimum absolute atomic E-state index is 0.255. The van der Waals surface area contributed by atoms with E-state index in [-0.39, 0.29) is 4.92 Å². The molecule has 1 aromatic carbocycles. The van der Waals surface area contributed by atoms with Crippen molar-refractivity contribution in [1.82, 2.24) is 0 Å². The molecule has 19 heavy (non-hydrogen) atoms. The average molecular weight is 256 g/mol. The van der Waals surface area contributed by atoms with E-state index in [0.29, 0.717) is 18.0 Å². The van der Waals surface area contributed by atoms with Gasteiger partial charge in [0.15, 0.2) is 0 Å². The lowest BCUT2D eigenvalue weighted by Gasteiger charge is -2.38. The number of rotatable bonds is 2. The van der Waals surface area contributed by atoms with Crippen molar-refractivity contribution < 1.29 is 4.92 Å². The second-order valence-corrected chi connectivity index (χ2v) is 5.04. The van der Waals surface area contributed by atoms with Crippen molar-refractivity contribution in [3.63, 3.8) is 0 Å². The Morgan fingerprint density at radius 1 is 1.21 bits per heavy atom. The fraction of sp³-hybridized carbons (Fsp3) is 0.333. The smallest absolute Gasteiger partial charge is 0.246 e. The fourth-order valence-electron chi connectivity index (χ4n) is 2.95. The fourth-order valence-corrected chi connectivity index (χ4v) is 2.95. The highest BCUT2D eigenvalue weighted by Crippen LogP contribution is 2.37. The van der Waals surface area contributed by atoms with E-state index in [4.69, 9.17) is 0 Å². The standard InChI is InChI=1S/C15H16N2O2/c18-17(19)14-8-9-15-12(11-14)5-4-10-16(15)13-6-2-1-3-7-13/h1-3,6-9,12H,4-5,10-11H2. The lowest BCUT2D eigenvalue weighted by molar-refractivity contribution is -0.429. The molecule has 4 heteroatoms. The molecule has 4 nitrogen and oxygen atoms in total. The van der Waals surface area contributed by atoms with E-state index in [1.165, 1.54) is 11.4 Å². The third-order valence-electron chi connectivity index (χ3n) is 3.87. The SMILES string of the molecule is O=[N+]([O-])C1=CC=C2C(CCCN2c2ccccc2)C1. The molecular weight excluding hydrogens is 240 g/mol. The van der Waals surface area contributed by atoms with Gasteiger partial charge in [0.25, 0.3) is 0 Å². The number of hydrogen-bond donors (Lipinski definition) is 0. The highest BCUT2D eigenvalue weighted by atomic mass is 16.6. The van der Waals surface area contributed by atoms with Gasteiger partial charge in [0.1, 0.15) is 0 Å². The van der Waals surface area contributed by atoms with Crippen molar-refractivity contribution in [3.05, 3.63) is 64.0 Å². The molecule has 98 valence electrons. The van der Waals surface area contributed by atoms with Crippen LogP contribution in [-0.4, -0.2) is 11.5 Å². The van der Waals surface area contributed by atoms with Crippen LogP contribution in [0.15, 0.2) is 53.9 Å². The van der Waals surface area contributed by atoms with Gasteiger partial charge in [-0.2, -0.15) is 0 Å². The zero-order valence-electron chi connectivity index (χ0n) is 10.7. The van der Waals surface area contributed by atoms with Crippen molar-refractivity contribution in [2.75, 3.05) is 11.4 Å². The topological polar surface area (TPSA) is 46.4 Å². The van der Waals surface area contributed by atoms with E-state index < -0.39 is 0 Å². The molecule has 1 unspecified atom stereocenters. The number of piperidine rings is 1. The molecule has 0 bridgehead atoms. The Hall–Kier alpha value is -2.10. The summed E-state index contributed by atoms with van der Waals surface area (Å²) in [6.45, 7) is 0.994. The number of benzene rings is 1. The van der Waals surface area contributed by atoms with E-state index in [9.17, 15) is 10.1 Å². The van der Waals surface area contributed by atoms with Gasteiger partial charge >= 0.3 is 0 Å². The van der Waals surface area contributed by atoms with E-state index in [1.807, 2.05) is 24.3 Å². The minimum atomic E-state index is -0.255. The molecule has 1 aliphatic heterocycles. The number of para-hydroxylation sites is 1. The largest absolute Gasteiger partial charge is 0.345 e. The van der Waals surface area contributed by atoms with Gasteiger partial charge in [0.2, 0.25) is 5.70 Å². The molecule has 1 heterocycles. The quantitative estimate of drug-likeness (QED) is 0.602. The van der Waals surface area contributed by atoms with Crippen LogP contribution in [0.1, 0.15) is 19.3 Å². The molecule has 1 saturated heterocycles. The molecule has 0 spiro atoms. The first kappa shape index (κ1) is 12.0. The van der Waals surface area contributed by atoms with Crippen LogP contribution >= 0.6 is 0 Å². The number of allylic oxidation sites excluding steroid dienone is 4. The number of fused-ring (bicyclic) bond motifs is 1. The molecule has 0 amide bonds. The van der Waals surface area contributed by atoms with Crippen molar-refractivity contribution in [2.45, 2.75) is 19.3 Å². The summed E-state index contributed by atoms with van der Waals surface area (Å²) < 4.78 is 0. The molecule has 0 saturated carbocycles. The summed E-state index contributed by atoms with van der Waals surface area (Å²) in [5.74, 6) is 0.291. The second-order valence-electron chi connectivity index (χ2n) is 5.04. The van der Waals surface area contributed by atoms with Crippen LogP contribution in [0.2, 0.25) is 0 Å². The Morgan fingerprint density at radius 2 is 2.00 bits per heavy atom. The van der Waals surface area contributed by atoms with Gasteiger partial charge in [-0.05, 0) is 31.1 Å². The average Bonchev–Trinajstić information content (AvgIpc) is 2.47. The lowest BCUT2D eigenvalue weighted by atomic mass is 9.86. The maximum Gasteiger partial charge on any atom is 0.246 e. The zero-order valence-corrected chi connectivity index (χ0v) is 10.7. The van der Waals surface area contributed by atoms with Gasteiger partial charge in [0, 0.05) is 36.3 Å². The normalized spacial score (nSPS) is 22.3. The molecular formula is C15H16N2O2. The molecule has 0 N–H and O–H groups in total. The molecule has 0 aromatic heterocycles. The summed E-state index contributed by atoms with van der Waals surface area (Å²) in [6.07, 6.45) is 6.27. The number of nitro groups is 1. The maximum atomic E-state index is 10.9. The van der Waals surface area contributed by atoms with Crippen LogP contribution in [-0.2, 0) is 0 Å². The Balaban J connectivity index is 1.93. The molecule has 1 atom stereocenters. The lowest BCUT2D eigenvalue weighted by Crippen LogP contribution is -2.34. The summed E-state index contributed by atoms with van der Waals surface area (Å²) >= 11 is 0.